The molecule has 0 unspecified atom stereocenters. The van der Waals surface area contributed by atoms with E-state index in [1.807, 2.05) is 24.3 Å². The number of rotatable bonds is 3. The van der Waals surface area contributed by atoms with Crippen LogP contribution >= 0.6 is 47.2 Å². The van der Waals surface area contributed by atoms with Gasteiger partial charge in [-0.15, -0.1) is 0 Å². The van der Waals surface area contributed by atoms with Crippen molar-refractivity contribution in [1.82, 2.24) is 4.90 Å². The van der Waals surface area contributed by atoms with Crippen LogP contribution < -0.4 is 0 Å². The summed E-state index contributed by atoms with van der Waals surface area (Å²) in [7, 11) is 0. The number of thioether (sulfide) groups is 1. The van der Waals surface area contributed by atoms with Gasteiger partial charge in [-0.05, 0) is 37.1 Å². The van der Waals surface area contributed by atoms with E-state index in [1.165, 1.54) is 18.2 Å². The number of carbonyl (C=O) groups is 1. The van der Waals surface area contributed by atoms with E-state index < -0.39 is 0 Å². The monoisotopic (exact) mass is 437 g/mol. The Hall–Kier alpha value is -1.27. The number of thiocarbonyl (C=S) groups is 1. The van der Waals surface area contributed by atoms with Gasteiger partial charge in [0, 0.05) is 17.7 Å². The van der Waals surface area contributed by atoms with Gasteiger partial charge in [-0.3, -0.25) is 9.69 Å². The highest BCUT2D eigenvalue weighted by molar-refractivity contribution is 8.26. The van der Waals surface area contributed by atoms with Gasteiger partial charge >= 0.3 is 0 Å². The first-order valence-corrected chi connectivity index (χ1v) is 10.8. The first kappa shape index (κ1) is 19.1. The van der Waals surface area contributed by atoms with Crippen LogP contribution in [0.25, 0.3) is 17.4 Å². The molecule has 1 amide bonds. The second-order valence-corrected chi connectivity index (χ2v) is 9.11. The highest BCUT2D eigenvalue weighted by atomic mass is 35.5. The molecular formula is C20H17Cl2NO2S2. The standard InChI is InChI=1S/C20H17Cl2NO2S2/c21-15-8-4-7-14(18(15)22)16-10-9-13(25-16)11-17-19(24)23(20(26)27-17)12-5-2-1-3-6-12/h4,7-12H,1-3,5-6H2/b17-11+. The maximum absolute atomic E-state index is 12.9. The average molecular weight is 438 g/mol. The second kappa shape index (κ2) is 8.00. The number of nitrogens with zero attached hydrogens (tertiary/aromatic N) is 1. The summed E-state index contributed by atoms with van der Waals surface area (Å²) in [5.74, 6) is 1.18. The first-order chi connectivity index (χ1) is 13.0. The smallest absolute Gasteiger partial charge is 0.266 e. The van der Waals surface area contributed by atoms with Crippen LogP contribution in [0.1, 0.15) is 37.9 Å². The van der Waals surface area contributed by atoms with E-state index in [1.54, 1.807) is 17.0 Å². The Labute approximate surface area is 177 Å². The average Bonchev–Trinajstić information content (AvgIpc) is 3.23. The van der Waals surface area contributed by atoms with E-state index in [0.29, 0.717) is 30.8 Å². The maximum Gasteiger partial charge on any atom is 0.266 e. The van der Waals surface area contributed by atoms with Gasteiger partial charge in [-0.1, -0.05) is 72.5 Å². The Kier molecular flexibility index (Phi) is 5.65. The molecule has 2 aromatic rings. The lowest BCUT2D eigenvalue weighted by molar-refractivity contribution is -0.124. The molecule has 0 N–H and O–H groups in total. The number of carbonyl (C=O) groups excluding carboxylic acids is 1. The number of halogens is 2. The molecule has 7 heteroatoms. The molecule has 1 aliphatic carbocycles. The number of hydrogen-bond donors (Lipinski definition) is 0. The summed E-state index contributed by atoms with van der Waals surface area (Å²) >= 11 is 19.2. The fourth-order valence-electron chi connectivity index (χ4n) is 3.53. The van der Waals surface area contributed by atoms with E-state index in [4.69, 9.17) is 39.8 Å². The number of hydrogen-bond acceptors (Lipinski definition) is 4. The van der Waals surface area contributed by atoms with Gasteiger partial charge in [0.2, 0.25) is 0 Å². The Morgan fingerprint density at radius 2 is 1.93 bits per heavy atom. The SMILES string of the molecule is O=C1/C(=C\c2ccc(-c3cccc(Cl)c3Cl)o2)SC(=S)N1C1CCCCC1. The summed E-state index contributed by atoms with van der Waals surface area (Å²) in [4.78, 5) is 15.3. The lowest BCUT2D eigenvalue weighted by Gasteiger charge is -2.29. The van der Waals surface area contributed by atoms with Crippen molar-refractivity contribution < 1.29 is 9.21 Å². The van der Waals surface area contributed by atoms with Gasteiger partial charge in [-0.2, -0.15) is 0 Å². The topological polar surface area (TPSA) is 33.5 Å². The third-order valence-corrected chi connectivity index (χ3v) is 7.03. The molecule has 1 aromatic heterocycles. The highest BCUT2D eigenvalue weighted by Gasteiger charge is 2.37. The first-order valence-electron chi connectivity index (χ1n) is 8.86. The number of benzene rings is 1. The Morgan fingerprint density at radius 3 is 2.70 bits per heavy atom. The van der Waals surface area contributed by atoms with Crippen molar-refractivity contribution in [1.29, 1.82) is 0 Å². The van der Waals surface area contributed by atoms with Gasteiger partial charge in [0.25, 0.3) is 5.91 Å². The molecule has 0 atom stereocenters. The molecule has 140 valence electrons. The molecule has 3 nitrogen and oxygen atoms in total. The van der Waals surface area contributed by atoms with Gasteiger partial charge in [0.05, 0.1) is 15.0 Å². The fraction of sp³-hybridized carbons (Fsp3) is 0.300. The molecule has 1 aliphatic heterocycles. The number of furan rings is 1. The van der Waals surface area contributed by atoms with Crippen molar-refractivity contribution in [2.45, 2.75) is 38.1 Å². The molecule has 1 aromatic carbocycles. The van der Waals surface area contributed by atoms with Gasteiger partial charge < -0.3 is 4.42 Å². The highest BCUT2D eigenvalue weighted by Crippen LogP contribution is 2.39. The minimum absolute atomic E-state index is 0.0179. The van der Waals surface area contributed by atoms with E-state index in [0.717, 1.165) is 31.2 Å². The zero-order valence-corrected chi connectivity index (χ0v) is 17.6. The summed E-state index contributed by atoms with van der Waals surface area (Å²) in [6.45, 7) is 0. The van der Waals surface area contributed by atoms with Gasteiger partial charge in [-0.25, -0.2) is 0 Å². The molecule has 1 saturated carbocycles. The lowest BCUT2D eigenvalue weighted by atomic mass is 9.94. The van der Waals surface area contributed by atoms with Crippen LogP contribution in [-0.2, 0) is 4.79 Å². The Bertz CT molecular complexity index is 932. The summed E-state index contributed by atoms with van der Waals surface area (Å²) in [5.41, 5.74) is 0.721. The second-order valence-electron chi connectivity index (χ2n) is 6.65. The lowest BCUT2D eigenvalue weighted by Crippen LogP contribution is -2.39. The van der Waals surface area contributed by atoms with Crippen molar-refractivity contribution in [3.05, 3.63) is 51.0 Å². The Balaban J connectivity index is 1.57. The summed E-state index contributed by atoms with van der Waals surface area (Å²) in [6, 6.07) is 9.27. The molecule has 4 rings (SSSR count). The molecule has 0 radical (unpaired) electrons. The number of amides is 1. The van der Waals surface area contributed by atoms with E-state index in [2.05, 4.69) is 0 Å². The third-order valence-electron chi connectivity index (χ3n) is 4.88. The molecule has 1 saturated heterocycles. The quantitative estimate of drug-likeness (QED) is 0.390. The normalized spacial score (nSPS) is 20.1. The molecule has 0 bridgehead atoms. The van der Waals surface area contributed by atoms with Crippen molar-refractivity contribution >= 4 is 63.5 Å². The molecule has 0 spiro atoms. The molecular weight excluding hydrogens is 421 g/mol. The van der Waals surface area contributed by atoms with Crippen LogP contribution in [0.2, 0.25) is 10.0 Å². The minimum Gasteiger partial charge on any atom is -0.457 e. The van der Waals surface area contributed by atoms with Crippen molar-refractivity contribution in [2.75, 3.05) is 0 Å². The van der Waals surface area contributed by atoms with Crippen LogP contribution in [0.3, 0.4) is 0 Å². The molecule has 2 aliphatic rings. The van der Waals surface area contributed by atoms with Crippen LogP contribution in [-0.4, -0.2) is 21.2 Å². The van der Waals surface area contributed by atoms with Crippen molar-refractivity contribution in [3.63, 3.8) is 0 Å². The van der Waals surface area contributed by atoms with Crippen LogP contribution in [0, 0.1) is 0 Å². The zero-order valence-electron chi connectivity index (χ0n) is 14.4. The minimum atomic E-state index is -0.0179. The van der Waals surface area contributed by atoms with Crippen LogP contribution in [0.4, 0.5) is 0 Å². The predicted molar refractivity (Wildman–Crippen MR) is 116 cm³/mol. The third kappa shape index (κ3) is 3.83. The van der Waals surface area contributed by atoms with Gasteiger partial charge in [0.1, 0.15) is 15.8 Å². The van der Waals surface area contributed by atoms with E-state index in [-0.39, 0.29) is 11.9 Å². The summed E-state index contributed by atoms with van der Waals surface area (Å²) < 4.78 is 6.53. The van der Waals surface area contributed by atoms with Crippen molar-refractivity contribution in [3.8, 4) is 11.3 Å². The maximum atomic E-state index is 12.9. The summed E-state index contributed by atoms with van der Waals surface area (Å²) in [6.07, 6.45) is 7.35. The molecule has 27 heavy (non-hydrogen) atoms. The fourth-order valence-corrected chi connectivity index (χ4v) is 5.31. The van der Waals surface area contributed by atoms with E-state index in [9.17, 15) is 4.79 Å². The van der Waals surface area contributed by atoms with E-state index >= 15 is 0 Å². The largest absolute Gasteiger partial charge is 0.457 e. The molecule has 2 fully saturated rings. The van der Waals surface area contributed by atoms with Crippen LogP contribution in [0.5, 0.6) is 0 Å². The Morgan fingerprint density at radius 1 is 1.15 bits per heavy atom. The summed E-state index contributed by atoms with van der Waals surface area (Å²) in [5, 5.41) is 0.921. The van der Waals surface area contributed by atoms with Crippen LogP contribution in [0.15, 0.2) is 39.7 Å². The predicted octanol–water partition coefficient (Wildman–Crippen LogP) is 6.79. The van der Waals surface area contributed by atoms with Gasteiger partial charge in [0.15, 0.2) is 0 Å². The molecule has 2 heterocycles. The van der Waals surface area contributed by atoms with Crippen molar-refractivity contribution in [2.24, 2.45) is 0 Å². The zero-order chi connectivity index (χ0) is 19.0.